The van der Waals surface area contributed by atoms with E-state index in [0.717, 1.165) is 24.2 Å². The van der Waals surface area contributed by atoms with Crippen molar-refractivity contribution in [3.8, 4) is 0 Å². The van der Waals surface area contributed by atoms with Gasteiger partial charge in [-0.25, -0.2) is 0 Å². The number of aryl methyl sites for hydroxylation is 1. The maximum atomic E-state index is 10.8. The van der Waals surface area contributed by atoms with Crippen molar-refractivity contribution in [2.45, 2.75) is 38.3 Å². The van der Waals surface area contributed by atoms with E-state index in [-0.39, 0.29) is 6.04 Å². The minimum atomic E-state index is -0.771. The summed E-state index contributed by atoms with van der Waals surface area (Å²) >= 11 is 0. The van der Waals surface area contributed by atoms with E-state index in [0.29, 0.717) is 6.42 Å². The zero-order valence-corrected chi connectivity index (χ0v) is 8.66. The predicted molar refractivity (Wildman–Crippen MR) is 54.5 cm³/mol. The fourth-order valence-corrected chi connectivity index (χ4v) is 1.98. The van der Waals surface area contributed by atoms with Crippen molar-refractivity contribution in [1.82, 2.24) is 15.5 Å². The molecule has 1 aliphatic rings. The molecule has 1 saturated heterocycles. The van der Waals surface area contributed by atoms with Gasteiger partial charge in [0, 0.05) is 5.69 Å². The molecular weight excluding hydrogens is 194 g/mol. The molecule has 2 heterocycles. The molecule has 0 bridgehead atoms. The minimum Gasteiger partial charge on any atom is -0.480 e. The van der Waals surface area contributed by atoms with Crippen LogP contribution in [0.2, 0.25) is 0 Å². The summed E-state index contributed by atoms with van der Waals surface area (Å²) in [4.78, 5) is 10.8. The minimum absolute atomic E-state index is 0.0739. The number of hydrogen-bond acceptors (Lipinski definition) is 3. The summed E-state index contributed by atoms with van der Waals surface area (Å²) in [7, 11) is 0. The first-order chi connectivity index (χ1) is 7.16. The van der Waals surface area contributed by atoms with E-state index in [4.69, 9.17) is 5.11 Å². The number of aromatic amines is 1. The Morgan fingerprint density at radius 3 is 3.00 bits per heavy atom. The molecule has 0 amide bonds. The number of rotatable bonds is 2. The second kappa shape index (κ2) is 4.02. The number of carbonyl (C=O) groups is 1. The van der Waals surface area contributed by atoms with E-state index in [1.807, 2.05) is 13.0 Å². The largest absolute Gasteiger partial charge is 0.480 e. The van der Waals surface area contributed by atoms with Gasteiger partial charge in [-0.3, -0.25) is 15.2 Å². The highest BCUT2D eigenvalue weighted by molar-refractivity contribution is 5.73. The molecule has 0 aromatic carbocycles. The Balaban J connectivity index is 2.07. The molecule has 1 fully saturated rings. The molecule has 0 spiro atoms. The number of carboxylic acid groups (broad SMARTS) is 1. The molecule has 5 nitrogen and oxygen atoms in total. The van der Waals surface area contributed by atoms with Crippen LogP contribution in [-0.4, -0.2) is 27.3 Å². The number of hydrogen-bond donors (Lipinski definition) is 3. The monoisotopic (exact) mass is 209 g/mol. The van der Waals surface area contributed by atoms with Gasteiger partial charge in [-0.15, -0.1) is 0 Å². The zero-order chi connectivity index (χ0) is 10.8. The molecule has 0 aliphatic carbocycles. The Morgan fingerprint density at radius 1 is 1.60 bits per heavy atom. The Hall–Kier alpha value is -1.36. The smallest absolute Gasteiger partial charge is 0.320 e. The Labute approximate surface area is 87.9 Å². The van der Waals surface area contributed by atoms with Crippen molar-refractivity contribution in [3.63, 3.8) is 0 Å². The summed E-state index contributed by atoms with van der Waals surface area (Å²) < 4.78 is 0. The molecule has 15 heavy (non-hydrogen) atoms. The van der Waals surface area contributed by atoms with Crippen LogP contribution in [0.25, 0.3) is 0 Å². The normalized spacial score (nSPS) is 26.5. The van der Waals surface area contributed by atoms with Gasteiger partial charge in [0.15, 0.2) is 0 Å². The summed E-state index contributed by atoms with van der Waals surface area (Å²) in [5, 5.41) is 19.0. The SMILES string of the molecule is Cc1cc(C2CCCC(C(=O)O)N2)n[nH]1. The molecule has 1 aromatic heterocycles. The lowest BCUT2D eigenvalue weighted by atomic mass is 9.96. The first-order valence-electron chi connectivity index (χ1n) is 5.17. The van der Waals surface area contributed by atoms with Gasteiger partial charge >= 0.3 is 5.97 Å². The van der Waals surface area contributed by atoms with Crippen molar-refractivity contribution < 1.29 is 9.90 Å². The molecular formula is C10H15N3O2. The lowest BCUT2D eigenvalue weighted by molar-refractivity contribution is -0.140. The van der Waals surface area contributed by atoms with E-state index in [1.165, 1.54) is 0 Å². The van der Waals surface area contributed by atoms with Crippen molar-refractivity contribution >= 4 is 5.97 Å². The highest BCUT2D eigenvalue weighted by Gasteiger charge is 2.27. The molecule has 1 aliphatic heterocycles. The van der Waals surface area contributed by atoms with Gasteiger partial charge < -0.3 is 5.11 Å². The average Bonchev–Trinajstić information content (AvgIpc) is 2.65. The van der Waals surface area contributed by atoms with E-state index < -0.39 is 12.0 Å². The Bertz CT molecular complexity index is 361. The average molecular weight is 209 g/mol. The zero-order valence-electron chi connectivity index (χ0n) is 8.66. The quantitative estimate of drug-likeness (QED) is 0.678. The number of aromatic nitrogens is 2. The summed E-state index contributed by atoms with van der Waals surface area (Å²) in [6.45, 7) is 1.94. The van der Waals surface area contributed by atoms with E-state index in [2.05, 4.69) is 15.5 Å². The maximum Gasteiger partial charge on any atom is 0.320 e. The van der Waals surface area contributed by atoms with E-state index in [9.17, 15) is 4.79 Å². The Morgan fingerprint density at radius 2 is 2.40 bits per heavy atom. The van der Waals surface area contributed by atoms with Gasteiger partial charge in [-0.05, 0) is 32.3 Å². The molecule has 3 N–H and O–H groups in total. The molecule has 82 valence electrons. The number of aliphatic carboxylic acids is 1. The lowest BCUT2D eigenvalue weighted by Crippen LogP contribution is -2.42. The summed E-state index contributed by atoms with van der Waals surface area (Å²) in [5.74, 6) is -0.771. The summed E-state index contributed by atoms with van der Waals surface area (Å²) in [6, 6.07) is 1.60. The van der Waals surface area contributed by atoms with Gasteiger partial charge in [0.2, 0.25) is 0 Å². The number of nitrogens with one attached hydrogen (secondary N) is 2. The van der Waals surface area contributed by atoms with Gasteiger partial charge in [-0.2, -0.15) is 5.10 Å². The highest BCUT2D eigenvalue weighted by atomic mass is 16.4. The van der Waals surface area contributed by atoms with Crippen LogP contribution in [-0.2, 0) is 4.79 Å². The fourth-order valence-electron chi connectivity index (χ4n) is 1.98. The third-order valence-corrected chi connectivity index (χ3v) is 2.77. The maximum absolute atomic E-state index is 10.8. The molecule has 2 unspecified atom stereocenters. The summed E-state index contributed by atoms with van der Waals surface area (Å²) in [6.07, 6.45) is 2.59. The van der Waals surface area contributed by atoms with E-state index in [1.54, 1.807) is 0 Å². The van der Waals surface area contributed by atoms with Crippen molar-refractivity contribution in [2.24, 2.45) is 0 Å². The van der Waals surface area contributed by atoms with Gasteiger partial charge in [0.1, 0.15) is 6.04 Å². The van der Waals surface area contributed by atoms with Crippen LogP contribution in [0.15, 0.2) is 6.07 Å². The number of H-pyrrole nitrogens is 1. The lowest BCUT2D eigenvalue weighted by Gasteiger charge is -2.27. The summed E-state index contributed by atoms with van der Waals surface area (Å²) in [5.41, 5.74) is 1.92. The van der Waals surface area contributed by atoms with Crippen molar-refractivity contribution in [2.75, 3.05) is 0 Å². The van der Waals surface area contributed by atoms with Gasteiger partial charge in [-0.1, -0.05) is 0 Å². The number of nitrogens with zero attached hydrogens (tertiary/aromatic N) is 1. The second-order valence-electron chi connectivity index (χ2n) is 4.02. The van der Waals surface area contributed by atoms with E-state index >= 15 is 0 Å². The van der Waals surface area contributed by atoms with Crippen LogP contribution < -0.4 is 5.32 Å². The third kappa shape index (κ3) is 2.18. The standard InChI is InChI=1S/C10H15N3O2/c1-6-5-9(13-12-6)7-3-2-4-8(11-7)10(14)15/h5,7-8,11H,2-4H2,1H3,(H,12,13)(H,14,15). The predicted octanol–water partition coefficient (Wildman–Crippen LogP) is 0.986. The highest BCUT2D eigenvalue weighted by Crippen LogP contribution is 2.24. The number of carboxylic acids is 1. The molecule has 5 heteroatoms. The first kappa shape index (κ1) is 10.2. The molecule has 2 rings (SSSR count). The van der Waals surface area contributed by atoms with Crippen LogP contribution in [0.1, 0.15) is 36.7 Å². The van der Waals surface area contributed by atoms with Crippen LogP contribution in [0.5, 0.6) is 0 Å². The second-order valence-corrected chi connectivity index (χ2v) is 4.02. The Kier molecular flexibility index (Phi) is 2.73. The molecule has 0 saturated carbocycles. The third-order valence-electron chi connectivity index (χ3n) is 2.77. The molecule has 1 aromatic rings. The van der Waals surface area contributed by atoms with Crippen LogP contribution in [0, 0.1) is 6.92 Å². The van der Waals surface area contributed by atoms with Crippen LogP contribution in [0.4, 0.5) is 0 Å². The van der Waals surface area contributed by atoms with Crippen molar-refractivity contribution in [1.29, 1.82) is 0 Å². The van der Waals surface area contributed by atoms with Crippen LogP contribution in [0.3, 0.4) is 0 Å². The first-order valence-corrected chi connectivity index (χ1v) is 5.17. The fraction of sp³-hybridized carbons (Fsp3) is 0.600. The molecule has 0 radical (unpaired) electrons. The van der Waals surface area contributed by atoms with Gasteiger partial charge in [0.05, 0.1) is 11.7 Å². The van der Waals surface area contributed by atoms with Crippen molar-refractivity contribution in [3.05, 3.63) is 17.5 Å². The molecule has 2 atom stereocenters. The van der Waals surface area contributed by atoms with Crippen LogP contribution >= 0.6 is 0 Å². The number of piperidine rings is 1. The van der Waals surface area contributed by atoms with Gasteiger partial charge in [0.25, 0.3) is 0 Å². The topological polar surface area (TPSA) is 78.0 Å².